The van der Waals surface area contributed by atoms with E-state index < -0.39 is 0 Å². The summed E-state index contributed by atoms with van der Waals surface area (Å²) in [5.74, 6) is 0.680. The smallest absolute Gasteiger partial charge is 0.276 e. The third-order valence-electron chi connectivity index (χ3n) is 6.10. The molecule has 0 saturated carbocycles. The maximum atomic E-state index is 12.8. The molecule has 29 heavy (non-hydrogen) atoms. The number of rotatable bonds is 7. The zero-order chi connectivity index (χ0) is 20.1. The zero-order valence-corrected chi connectivity index (χ0v) is 17.4. The van der Waals surface area contributed by atoms with E-state index in [2.05, 4.69) is 52.0 Å². The van der Waals surface area contributed by atoms with E-state index in [1.165, 1.54) is 5.56 Å². The first-order chi connectivity index (χ1) is 14.2. The molecular weight excluding hydrogens is 364 g/mol. The van der Waals surface area contributed by atoms with Gasteiger partial charge in [0.1, 0.15) is 6.26 Å². The number of amides is 1. The van der Waals surface area contributed by atoms with E-state index in [-0.39, 0.29) is 5.91 Å². The largest absolute Gasteiger partial charge is 0.447 e. The van der Waals surface area contributed by atoms with Crippen LogP contribution in [0.25, 0.3) is 0 Å². The highest BCUT2D eigenvalue weighted by Gasteiger charge is 2.30. The van der Waals surface area contributed by atoms with Crippen LogP contribution in [0.2, 0.25) is 0 Å². The lowest BCUT2D eigenvalue weighted by Gasteiger charge is -2.34. The highest BCUT2D eigenvalue weighted by Crippen LogP contribution is 2.23. The number of aromatic nitrogens is 1. The van der Waals surface area contributed by atoms with Gasteiger partial charge in [0.05, 0.1) is 6.54 Å². The number of oxazole rings is 1. The Kier molecular flexibility index (Phi) is 6.62. The van der Waals surface area contributed by atoms with E-state index in [9.17, 15) is 4.79 Å². The summed E-state index contributed by atoms with van der Waals surface area (Å²) in [6.45, 7) is 8.74. The van der Waals surface area contributed by atoms with Crippen LogP contribution in [0.15, 0.2) is 41.0 Å². The summed E-state index contributed by atoms with van der Waals surface area (Å²) in [5, 5.41) is 0. The Hall–Kier alpha value is -2.18. The van der Waals surface area contributed by atoms with Crippen LogP contribution in [-0.2, 0) is 13.1 Å². The highest BCUT2D eigenvalue weighted by molar-refractivity contribution is 5.92. The number of benzene rings is 1. The summed E-state index contributed by atoms with van der Waals surface area (Å²) < 4.78 is 5.65. The number of piperazine rings is 1. The maximum absolute atomic E-state index is 12.8. The van der Waals surface area contributed by atoms with Crippen molar-refractivity contribution in [3.05, 3.63) is 53.7 Å². The standard InChI is InChI=1S/C23H32N4O2/c1-2-7-20-10-6-11-27(20)23(28)21-18-29-22(24-21)17-26-14-12-25(13-15-26)16-19-8-4-3-5-9-19/h3-5,8-9,18,20H,2,6-7,10-17H2,1H3. The maximum Gasteiger partial charge on any atom is 0.276 e. The van der Waals surface area contributed by atoms with Crippen molar-refractivity contribution in [3.63, 3.8) is 0 Å². The lowest BCUT2D eigenvalue weighted by Crippen LogP contribution is -2.45. The molecule has 1 amide bonds. The summed E-state index contributed by atoms with van der Waals surface area (Å²) in [7, 11) is 0. The Morgan fingerprint density at radius 2 is 1.79 bits per heavy atom. The molecule has 2 aromatic rings. The molecule has 2 aliphatic heterocycles. The average Bonchev–Trinajstić information content (AvgIpc) is 3.40. The van der Waals surface area contributed by atoms with Crippen molar-refractivity contribution in [2.75, 3.05) is 32.7 Å². The summed E-state index contributed by atoms with van der Waals surface area (Å²) in [6.07, 6.45) is 5.93. The first-order valence-corrected chi connectivity index (χ1v) is 11.0. The minimum absolute atomic E-state index is 0.0311. The third kappa shape index (κ3) is 5.06. The van der Waals surface area contributed by atoms with Crippen LogP contribution in [0, 0.1) is 0 Å². The van der Waals surface area contributed by atoms with E-state index in [4.69, 9.17) is 4.42 Å². The van der Waals surface area contributed by atoms with Crippen LogP contribution in [0.5, 0.6) is 0 Å². The van der Waals surface area contributed by atoms with Crippen molar-refractivity contribution >= 4 is 5.91 Å². The summed E-state index contributed by atoms with van der Waals surface area (Å²) in [5.41, 5.74) is 1.82. The van der Waals surface area contributed by atoms with Crippen molar-refractivity contribution in [1.29, 1.82) is 0 Å². The summed E-state index contributed by atoms with van der Waals surface area (Å²) >= 11 is 0. The van der Waals surface area contributed by atoms with Crippen molar-refractivity contribution in [2.24, 2.45) is 0 Å². The van der Waals surface area contributed by atoms with Crippen LogP contribution in [0.4, 0.5) is 0 Å². The number of hydrogen-bond donors (Lipinski definition) is 0. The Morgan fingerprint density at radius 1 is 1.07 bits per heavy atom. The van der Waals surface area contributed by atoms with E-state index in [0.29, 0.717) is 24.2 Å². The molecule has 0 spiro atoms. The molecule has 2 fully saturated rings. The molecule has 0 aliphatic carbocycles. The molecule has 2 aliphatic rings. The van der Waals surface area contributed by atoms with Gasteiger partial charge in [0, 0.05) is 45.3 Å². The van der Waals surface area contributed by atoms with Gasteiger partial charge in [0.2, 0.25) is 5.89 Å². The van der Waals surface area contributed by atoms with Gasteiger partial charge in [0.15, 0.2) is 5.69 Å². The molecule has 1 aromatic heterocycles. The Labute approximate surface area is 173 Å². The van der Waals surface area contributed by atoms with Crippen molar-refractivity contribution in [2.45, 2.75) is 51.7 Å². The number of likely N-dealkylation sites (tertiary alicyclic amines) is 1. The quantitative estimate of drug-likeness (QED) is 0.718. The van der Waals surface area contributed by atoms with Gasteiger partial charge in [-0.25, -0.2) is 4.98 Å². The summed E-state index contributed by atoms with van der Waals surface area (Å²) in [4.78, 5) is 24.2. The number of nitrogens with zero attached hydrogens (tertiary/aromatic N) is 4. The van der Waals surface area contributed by atoms with Crippen LogP contribution < -0.4 is 0 Å². The van der Waals surface area contributed by atoms with Crippen LogP contribution in [-0.4, -0.2) is 64.4 Å². The molecule has 1 unspecified atom stereocenters. The van der Waals surface area contributed by atoms with Gasteiger partial charge >= 0.3 is 0 Å². The van der Waals surface area contributed by atoms with Gasteiger partial charge < -0.3 is 9.32 Å². The van der Waals surface area contributed by atoms with Crippen molar-refractivity contribution in [3.8, 4) is 0 Å². The summed E-state index contributed by atoms with van der Waals surface area (Å²) in [6, 6.07) is 11.0. The van der Waals surface area contributed by atoms with Crippen LogP contribution in [0.3, 0.4) is 0 Å². The Morgan fingerprint density at radius 3 is 2.52 bits per heavy atom. The van der Waals surface area contributed by atoms with Crippen LogP contribution >= 0.6 is 0 Å². The van der Waals surface area contributed by atoms with Gasteiger partial charge in [-0.2, -0.15) is 0 Å². The first-order valence-electron chi connectivity index (χ1n) is 11.0. The molecule has 6 nitrogen and oxygen atoms in total. The van der Waals surface area contributed by atoms with Gasteiger partial charge in [-0.1, -0.05) is 43.7 Å². The van der Waals surface area contributed by atoms with Gasteiger partial charge in [-0.15, -0.1) is 0 Å². The molecule has 0 bridgehead atoms. The molecule has 2 saturated heterocycles. The average molecular weight is 397 g/mol. The molecule has 4 rings (SSSR count). The van der Waals surface area contributed by atoms with Crippen molar-refractivity contribution < 1.29 is 9.21 Å². The number of carbonyl (C=O) groups excluding carboxylic acids is 1. The molecule has 156 valence electrons. The monoisotopic (exact) mass is 396 g/mol. The Balaban J connectivity index is 1.27. The molecule has 1 atom stereocenters. The normalized spacial score (nSPS) is 21.0. The van der Waals surface area contributed by atoms with Gasteiger partial charge in [-0.3, -0.25) is 14.6 Å². The van der Waals surface area contributed by atoms with E-state index >= 15 is 0 Å². The predicted octanol–water partition coefficient (Wildman–Crippen LogP) is 3.40. The Bertz CT molecular complexity index is 783. The lowest BCUT2D eigenvalue weighted by atomic mass is 10.1. The molecule has 0 N–H and O–H groups in total. The molecule has 3 heterocycles. The molecule has 1 aromatic carbocycles. The lowest BCUT2D eigenvalue weighted by molar-refractivity contribution is 0.0724. The minimum Gasteiger partial charge on any atom is -0.447 e. The number of hydrogen-bond acceptors (Lipinski definition) is 5. The topological polar surface area (TPSA) is 52.8 Å². The van der Waals surface area contributed by atoms with Gasteiger partial charge in [0.25, 0.3) is 5.91 Å². The van der Waals surface area contributed by atoms with E-state index in [1.807, 2.05) is 4.90 Å². The van der Waals surface area contributed by atoms with Crippen molar-refractivity contribution in [1.82, 2.24) is 19.7 Å². The second-order valence-corrected chi connectivity index (χ2v) is 8.25. The molecule has 0 radical (unpaired) electrons. The third-order valence-corrected chi connectivity index (χ3v) is 6.10. The highest BCUT2D eigenvalue weighted by atomic mass is 16.3. The fourth-order valence-corrected chi connectivity index (χ4v) is 4.50. The fraction of sp³-hybridized carbons (Fsp3) is 0.565. The SMILES string of the molecule is CCCC1CCCN1C(=O)c1coc(CN2CCN(Cc3ccccc3)CC2)n1. The van der Waals surface area contributed by atoms with Crippen LogP contribution in [0.1, 0.15) is 54.5 Å². The van der Waals surface area contributed by atoms with Gasteiger partial charge in [-0.05, 0) is 24.8 Å². The van der Waals surface area contributed by atoms with E-state index in [1.54, 1.807) is 6.26 Å². The predicted molar refractivity (Wildman–Crippen MR) is 112 cm³/mol. The zero-order valence-electron chi connectivity index (χ0n) is 17.4. The second-order valence-electron chi connectivity index (χ2n) is 8.25. The minimum atomic E-state index is 0.0311. The first kappa shape index (κ1) is 20.1. The number of carbonyl (C=O) groups is 1. The second kappa shape index (κ2) is 9.55. The van der Waals surface area contributed by atoms with E-state index in [0.717, 1.165) is 65.0 Å². The molecule has 6 heteroatoms. The fourth-order valence-electron chi connectivity index (χ4n) is 4.50. The molecular formula is C23H32N4O2.